The van der Waals surface area contributed by atoms with E-state index >= 15 is 0 Å². The van der Waals surface area contributed by atoms with Gasteiger partial charge in [-0.25, -0.2) is 9.97 Å². The fourth-order valence-corrected chi connectivity index (χ4v) is 5.48. The van der Waals surface area contributed by atoms with Gasteiger partial charge in [0, 0.05) is 43.8 Å². The molecule has 0 radical (unpaired) electrons. The molecule has 0 spiro atoms. The molecule has 204 valence electrons. The summed E-state index contributed by atoms with van der Waals surface area (Å²) in [6.07, 6.45) is 9.44. The molecule has 2 unspecified atom stereocenters. The molecular weight excluding hydrogens is 492 g/mol. The number of aryl methyl sites for hydroxylation is 1. The van der Waals surface area contributed by atoms with Gasteiger partial charge in [0.2, 0.25) is 12.7 Å². The van der Waals surface area contributed by atoms with Crippen molar-refractivity contribution in [2.45, 2.75) is 44.1 Å². The van der Waals surface area contributed by atoms with Crippen LogP contribution in [0.2, 0.25) is 0 Å². The van der Waals surface area contributed by atoms with Crippen LogP contribution in [0.1, 0.15) is 37.1 Å². The van der Waals surface area contributed by atoms with Crippen molar-refractivity contribution >= 4 is 5.91 Å². The second-order valence-electron chi connectivity index (χ2n) is 10.2. The third-order valence-electron chi connectivity index (χ3n) is 7.55. The van der Waals surface area contributed by atoms with Crippen LogP contribution in [0.4, 0.5) is 0 Å². The molecule has 3 aromatic rings. The number of rotatable bonds is 11. The van der Waals surface area contributed by atoms with Crippen LogP contribution in [0.3, 0.4) is 0 Å². The zero-order valence-electron chi connectivity index (χ0n) is 22.4. The summed E-state index contributed by atoms with van der Waals surface area (Å²) in [7, 11) is 1.65. The standard InChI is InChI=1S/C31H36N4O4/c1-37-27-11-9-24(10-12-27)25-18-33-29(34-19-25)13-14-30(36)35-31(17-28-21-38-22-39-28,26-8-5-15-32-20-26)16-23-6-3-2-4-7-23/h2-4,6-7,9-12,18-19,21,26,32H,5,8,13-17,20,22H2,1H3,(H,35,36). The summed E-state index contributed by atoms with van der Waals surface area (Å²) in [4.78, 5) is 22.6. The second-order valence-corrected chi connectivity index (χ2v) is 10.2. The third kappa shape index (κ3) is 6.95. The molecule has 2 atom stereocenters. The van der Waals surface area contributed by atoms with Gasteiger partial charge in [-0.3, -0.25) is 4.79 Å². The molecule has 2 aromatic carbocycles. The van der Waals surface area contributed by atoms with Crippen molar-refractivity contribution in [3.05, 3.63) is 90.4 Å². The fraction of sp³-hybridized carbons (Fsp3) is 0.387. The Hall–Kier alpha value is -3.91. The number of hydrogen-bond acceptors (Lipinski definition) is 7. The molecule has 2 aliphatic heterocycles. The van der Waals surface area contributed by atoms with Crippen molar-refractivity contribution in [2.75, 3.05) is 27.0 Å². The summed E-state index contributed by atoms with van der Waals surface area (Å²) in [5.41, 5.74) is 2.61. The van der Waals surface area contributed by atoms with Crippen molar-refractivity contribution < 1.29 is 19.0 Å². The number of ether oxygens (including phenoxy) is 3. The van der Waals surface area contributed by atoms with Gasteiger partial charge in [-0.2, -0.15) is 0 Å². The van der Waals surface area contributed by atoms with Crippen LogP contribution in [0.25, 0.3) is 11.1 Å². The van der Waals surface area contributed by atoms with Crippen molar-refractivity contribution in [3.63, 3.8) is 0 Å². The molecule has 0 aliphatic carbocycles. The minimum Gasteiger partial charge on any atom is -0.497 e. The molecule has 1 amide bonds. The molecule has 1 fully saturated rings. The maximum Gasteiger partial charge on any atom is 0.229 e. The van der Waals surface area contributed by atoms with E-state index in [1.165, 1.54) is 5.56 Å². The lowest BCUT2D eigenvalue weighted by Crippen LogP contribution is -2.59. The molecule has 0 bridgehead atoms. The number of benzene rings is 2. The summed E-state index contributed by atoms with van der Waals surface area (Å²) < 4.78 is 16.4. The lowest BCUT2D eigenvalue weighted by molar-refractivity contribution is -0.124. The highest BCUT2D eigenvalue weighted by molar-refractivity contribution is 5.77. The normalized spacial score (nSPS) is 18.3. The van der Waals surface area contributed by atoms with Crippen LogP contribution in [0, 0.1) is 5.92 Å². The third-order valence-corrected chi connectivity index (χ3v) is 7.55. The topological polar surface area (TPSA) is 94.6 Å². The van der Waals surface area contributed by atoms with E-state index < -0.39 is 5.54 Å². The largest absolute Gasteiger partial charge is 0.497 e. The van der Waals surface area contributed by atoms with Gasteiger partial charge in [0.25, 0.3) is 0 Å². The first-order valence-corrected chi connectivity index (χ1v) is 13.6. The molecule has 1 saturated heterocycles. The van der Waals surface area contributed by atoms with Gasteiger partial charge in [-0.05, 0) is 55.0 Å². The fourth-order valence-electron chi connectivity index (χ4n) is 5.48. The number of amides is 1. The number of nitrogens with one attached hydrogen (secondary N) is 2. The van der Waals surface area contributed by atoms with Crippen LogP contribution >= 0.6 is 0 Å². The molecule has 1 aromatic heterocycles. The Balaban J connectivity index is 1.30. The lowest BCUT2D eigenvalue weighted by Gasteiger charge is -2.44. The Morgan fingerprint density at radius 1 is 1.08 bits per heavy atom. The van der Waals surface area contributed by atoms with Crippen LogP contribution in [0.5, 0.6) is 5.75 Å². The minimum absolute atomic E-state index is 0.0150. The average Bonchev–Trinajstić information content (AvgIpc) is 3.50. The van der Waals surface area contributed by atoms with E-state index in [2.05, 4.69) is 32.7 Å². The average molecular weight is 529 g/mol. The monoisotopic (exact) mass is 528 g/mol. The van der Waals surface area contributed by atoms with Gasteiger partial charge in [0.1, 0.15) is 23.6 Å². The van der Waals surface area contributed by atoms with E-state index in [1.807, 2.05) is 42.5 Å². The van der Waals surface area contributed by atoms with Crippen LogP contribution in [-0.2, 0) is 27.1 Å². The summed E-state index contributed by atoms with van der Waals surface area (Å²) in [6, 6.07) is 18.1. The number of carbonyl (C=O) groups is 1. The first-order chi connectivity index (χ1) is 19.1. The first-order valence-electron chi connectivity index (χ1n) is 13.6. The second kappa shape index (κ2) is 12.8. The van der Waals surface area contributed by atoms with Gasteiger partial charge < -0.3 is 24.8 Å². The number of carbonyl (C=O) groups excluding carboxylic acids is 1. The summed E-state index contributed by atoms with van der Waals surface area (Å²) >= 11 is 0. The molecule has 2 aliphatic rings. The molecule has 39 heavy (non-hydrogen) atoms. The van der Waals surface area contributed by atoms with Crippen molar-refractivity contribution in [1.82, 2.24) is 20.6 Å². The van der Waals surface area contributed by atoms with Crippen molar-refractivity contribution in [2.24, 2.45) is 5.92 Å². The Bertz CT molecular complexity index is 1240. The number of aromatic nitrogens is 2. The van der Waals surface area contributed by atoms with E-state index in [1.54, 1.807) is 25.8 Å². The zero-order valence-corrected chi connectivity index (χ0v) is 22.4. The highest BCUT2D eigenvalue weighted by atomic mass is 16.7. The molecule has 5 rings (SSSR count). The Morgan fingerprint density at radius 3 is 2.54 bits per heavy atom. The highest BCUT2D eigenvalue weighted by Gasteiger charge is 2.42. The van der Waals surface area contributed by atoms with Crippen molar-refractivity contribution in [3.8, 4) is 16.9 Å². The van der Waals surface area contributed by atoms with E-state index in [9.17, 15) is 4.79 Å². The lowest BCUT2D eigenvalue weighted by atomic mass is 9.72. The minimum atomic E-state index is -0.509. The molecule has 8 nitrogen and oxygen atoms in total. The molecule has 8 heteroatoms. The van der Waals surface area contributed by atoms with Crippen LogP contribution < -0.4 is 15.4 Å². The van der Waals surface area contributed by atoms with Gasteiger partial charge in [-0.1, -0.05) is 42.5 Å². The van der Waals surface area contributed by atoms with Crippen LogP contribution in [-0.4, -0.2) is 48.4 Å². The number of piperidine rings is 1. The quantitative estimate of drug-likeness (QED) is 0.381. The highest BCUT2D eigenvalue weighted by Crippen LogP contribution is 2.35. The van der Waals surface area contributed by atoms with E-state index in [4.69, 9.17) is 14.2 Å². The predicted molar refractivity (Wildman–Crippen MR) is 149 cm³/mol. The Kier molecular flexibility index (Phi) is 8.73. The van der Waals surface area contributed by atoms with Gasteiger partial charge in [0.15, 0.2) is 0 Å². The predicted octanol–water partition coefficient (Wildman–Crippen LogP) is 4.42. The van der Waals surface area contributed by atoms with E-state index in [0.29, 0.717) is 31.5 Å². The first kappa shape index (κ1) is 26.7. The van der Waals surface area contributed by atoms with E-state index in [-0.39, 0.29) is 18.6 Å². The molecule has 0 saturated carbocycles. The number of nitrogens with zero attached hydrogens (tertiary/aromatic N) is 2. The molecule has 2 N–H and O–H groups in total. The summed E-state index contributed by atoms with van der Waals surface area (Å²) in [6.45, 7) is 2.06. The maximum absolute atomic E-state index is 13.5. The summed E-state index contributed by atoms with van der Waals surface area (Å²) in [5, 5.41) is 7.01. The number of hydrogen-bond donors (Lipinski definition) is 2. The molecular formula is C31H36N4O4. The summed E-state index contributed by atoms with van der Waals surface area (Å²) in [5.74, 6) is 2.46. The number of methoxy groups -OCH3 is 1. The van der Waals surface area contributed by atoms with Gasteiger partial charge in [0.05, 0.1) is 12.6 Å². The smallest absolute Gasteiger partial charge is 0.229 e. The SMILES string of the molecule is COc1ccc(-c2cnc(CCC(=O)NC(CC3=COCO3)(Cc3ccccc3)C3CCCNC3)nc2)cc1. The zero-order chi connectivity index (χ0) is 26.9. The van der Waals surface area contributed by atoms with E-state index in [0.717, 1.165) is 48.6 Å². The molecule has 3 heterocycles. The van der Waals surface area contributed by atoms with Gasteiger partial charge >= 0.3 is 0 Å². The van der Waals surface area contributed by atoms with Gasteiger partial charge in [-0.15, -0.1) is 0 Å². The Labute approximate surface area is 229 Å². The van der Waals surface area contributed by atoms with Crippen molar-refractivity contribution in [1.29, 1.82) is 0 Å². The maximum atomic E-state index is 13.5. The van der Waals surface area contributed by atoms with Crippen LogP contribution in [0.15, 0.2) is 79.0 Å². The Morgan fingerprint density at radius 2 is 1.87 bits per heavy atom.